The molecule has 2 aromatic rings. The van der Waals surface area contributed by atoms with E-state index in [-0.39, 0.29) is 24.7 Å². The Kier molecular flexibility index (Phi) is 5.48. The summed E-state index contributed by atoms with van der Waals surface area (Å²) in [5, 5.41) is 0.694. The molecule has 0 atom stereocenters. The molecule has 1 aliphatic heterocycles. The number of hydrogen-bond donors (Lipinski definition) is 0. The molecule has 25 heavy (non-hydrogen) atoms. The lowest BCUT2D eigenvalue weighted by Crippen LogP contribution is -2.38. The zero-order valence-electron chi connectivity index (χ0n) is 14.4. The van der Waals surface area contributed by atoms with Crippen LogP contribution in [0.3, 0.4) is 0 Å². The second-order valence-corrected chi connectivity index (χ2v) is 5.97. The van der Waals surface area contributed by atoms with Crippen molar-refractivity contribution in [1.29, 1.82) is 0 Å². The van der Waals surface area contributed by atoms with Gasteiger partial charge in [0.25, 0.3) is 5.91 Å². The van der Waals surface area contributed by atoms with E-state index in [2.05, 4.69) is 4.98 Å². The monoisotopic (exact) mass is 342 g/mol. The van der Waals surface area contributed by atoms with Crippen LogP contribution in [0.2, 0.25) is 0 Å². The molecule has 132 valence electrons. The molecule has 1 aromatic heterocycles. The van der Waals surface area contributed by atoms with E-state index in [1.165, 1.54) is 6.20 Å². The van der Waals surface area contributed by atoms with Gasteiger partial charge in [0.15, 0.2) is 6.61 Å². The first-order chi connectivity index (χ1) is 12.2. The molecule has 6 heteroatoms. The van der Waals surface area contributed by atoms with Gasteiger partial charge in [-0.1, -0.05) is 12.1 Å². The van der Waals surface area contributed by atoms with E-state index in [9.17, 15) is 9.59 Å². The second kappa shape index (κ2) is 7.96. The predicted molar refractivity (Wildman–Crippen MR) is 93.6 cm³/mol. The summed E-state index contributed by atoms with van der Waals surface area (Å²) in [6.07, 6.45) is 4.66. The standard InChI is InChI=1S/C19H22N2O4/c1-2-24-19(23)15-12-20-16-9-5-4-8-14(16)18(15)25-13-17(22)21-10-6-3-7-11-21/h4-5,8-9,12H,2-3,6-7,10-11,13H2,1H3. The SMILES string of the molecule is CCOC(=O)c1cnc2ccccc2c1OCC(=O)N1CCCCC1. The van der Waals surface area contributed by atoms with E-state index in [4.69, 9.17) is 9.47 Å². The molecule has 1 saturated heterocycles. The van der Waals surface area contributed by atoms with Gasteiger partial charge in [0.1, 0.15) is 11.3 Å². The van der Waals surface area contributed by atoms with Gasteiger partial charge in [-0.15, -0.1) is 0 Å². The number of para-hydroxylation sites is 1. The molecular formula is C19H22N2O4. The molecular weight excluding hydrogens is 320 g/mol. The predicted octanol–water partition coefficient (Wildman–Crippen LogP) is 2.80. The fourth-order valence-electron chi connectivity index (χ4n) is 2.99. The number of carbonyl (C=O) groups excluding carboxylic acids is 2. The Labute approximate surface area is 146 Å². The molecule has 0 radical (unpaired) electrons. The third kappa shape index (κ3) is 3.90. The van der Waals surface area contributed by atoms with E-state index < -0.39 is 5.97 Å². The summed E-state index contributed by atoms with van der Waals surface area (Å²) < 4.78 is 10.9. The van der Waals surface area contributed by atoms with Crippen LogP contribution in [0.5, 0.6) is 5.75 Å². The molecule has 0 N–H and O–H groups in total. The number of aromatic nitrogens is 1. The van der Waals surface area contributed by atoms with Crippen molar-refractivity contribution < 1.29 is 19.1 Å². The van der Waals surface area contributed by atoms with Gasteiger partial charge in [-0.2, -0.15) is 0 Å². The highest BCUT2D eigenvalue weighted by Crippen LogP contribution is 2.29. The molecule has 3 rings (SSSR count). The highest BCUT2D eigenvalue weighted by molar-refractivity contribution is 5.99. The van der Waals surface area contributed by atoms with Gasteiger partial charge < -0.3 is 14.4 Å². The van der Waals surface area contributed by atoms with Crippen LogP contribution in [0.1, 0.15) is 36.5 Å². The van der Waals surface area contributed by atoms with Crippen molar-refractivity contribution in [2.75, 3.05) is 26.3 Å². The van der Waals surface area contributed by atoms with Crippen molar-refractivity contribution in [2.24, 2.45) is 0 Å². The minimum Gasteiger partial charge on any atom is -0.482 e. The van der Waals surface area contributed by atoms with Crippen LogP contribution < -0.4 is 4.74 Å². The van der Waals surface area contributed by atoms with Crippen molar-refractivity contribution in [1.82, 2.24) is 9.88 Å². The third-order valence-electron chi connectivity index (χ3n) is 4.27. The highest BCUT2D eigenvalue weighted by Gasteiger charge is 2.21. The number of rotatable bonds is 5. The fourth-order valence-corrected chi connectivity index (χ4v) is 2.99. The van der Waals surface area contributed by atoms with Crippen molar-refractivity contribution in [3.63, 3.8) is 0 Å². The number of hydrogen-bond acceptors (Lipinski definition) is 5. The van der Waals surface area contributed by atoms with E-state index in [1.54, 1.807) is 6.92 Å². The van der Waals surface area contributed by atoms with Crippen molar-refractivity contribution >= 4 is 22.8 Å². The number of nitrogens with zero attached hydrogens (tertiary/aromatic N) is 2. The molecule has 0 unspecified atom stereocenters. The Morgan fingerprint density at radius 2 is 1.92 bits per heavy atom. The van der Waals surface area contributed by atoms with E-state index in [1.807, 2.05) is 29.2 Å². The van der Waals surface area contributed by atoms with Gasteiger partial charge >= 0.3 is 5.97 Å². The lowest BCUT2D eigenvalue weighted by molar-refractivity contribution is -0.134. The van der Waals surface area contributed by atoms with E-state index in [0.717, 1.165) is 32.4 Å². The first-order valence-corrected chi connectivity index (χ1v) is 8.66. The quantitative estimate of drug-likeness (QED) is 0.782. The molecule has 0 aliphatic carbocycles. The molecule has 0 bridgehead atoms. The van der Waals surface area contributed by atoms with Crippen LogP contribution in [0.15, 0.2) is 30.5 Å². The average molecular weight is 342 g/mol. The molecule has 6 nitrogen and oxygen atoms in total. The van der Waals surface area contributed by atoms with Crippen molar-refractivity contribution in [3.05, 3.63) is 36.0 Å². The molecule has 0 spiro atoms. The number of carbonyl (C=O) groups is 2. The number of esters is 1. The zero-order valence-corrected chi connectivity index (χ0v) is 14.4. The first kappa shape index (κ1) is 17.2. The van der Waals surface area contributed by atoms with Crippen LogP contribution >= 0.6 is 0 Å². The Bertz CT molecular complexity index is 769. The van der Waals surface area contributed by atoms with Crippen LogP contribution in [-0.4, -0.2) is 48.1 Å². The number of benzene rings is 1. The number of likely N-dealkylation sites (tertiary alicyclic amines) is 1. The largest absolute Gasteiger partial charge is 0.482 e. The van der Waals surface area contributed by atoms with E-state index in [0.29, 0.717) is 16.7 Å². The second-order valence-electron chi connectivity index (χ2n) is 5.97. The van der Waals surface area contributed by atoms with Gasteiger partial charge in [-0.05, 0) is 38.3 Å². The van der Waals surface area contributed by atoms with Gasteiger partial charge in [-0.3, -0.25) is 9.78 Å². The Hall–Kier alpha value is -2.63. The first-order valence-electron chi connectivity index (χ1n) is 8.66. The van der Waals surface area contributed by atoms with Gasteiger partial charge in [0.05, 0.1) is 12.1 Å². The average Bonchev–Trinajstić information content (AvgIpc) is 2.66. The molecule has 1 fully saturated rings. The third-order valence-corrected chi connectivity index (χ3v) is 4.27. The summed E-state index contributed by atoms with van der Waals surface area (Å²) >= 11 is 0. The number of amides is 1. The van der Waals surface area contributed by atoms with Crippen molar-refractivity contribution in [3.8, 4) is 5.75 Å². The van der Waals surface area contributed by atoms with Crippen LogP contribution in [0.4, 0.5) is 0 Å². The maximum Gasteiger partial charge on any atom is 0.343 e. The molecule has 0 saturated carbocycles. The highest BCUT2D eigenvalue weighted by atomic mass is 16.5. The summed E-state index contributed by atoms with van der Waals surface area (Å²) in [6, 6.07) is 7.37. The summed E-state index contributed by atoms with van der Waals surface area (Å²) in [4.78, 5) is 30.7. The Morgan fingerprint density at radius 3 is 2.68 bits per heavy atom. The maximum atomic E-state index is 12.4. The van der Waals surface area contributed by atoms with E-state index >= 15 is 0 Å². The Morgan fingerprint density at radius 1 is 1.16 bits per heavy atom. The van der Waals surface area contributed by atoms with Gasteiger partial charge in [0.2, 0.25) is 0 Å². The van der Waals surface area contributed by atoms with Crippen LogP contribution in [0.25, 0.3) is 10.9 Å². The summed E-state index contributed by atoms with van der Waals surface area (Å²) in [5.41, 5.74) is 0.947. The van der Waals surface area contributed by atoms with Crippen LogP contribution in [-0.2, 0) is 9.53 Å². The summed E-state index contributed by atoms with van der Waals surface area (Å²) in [5.74, 6) is -0.203. The molecule has 1 aromatic carbocycles. The number of fused-ring (bicyclic) bond motifs is 1. The zero-order chi connectivity index (χ0) is 17.6. The molecule has 2 heterocycles. The summed E-state index contributed by atoms with van der Waals surface area (Å²) in [7, 11) is 0. The van der Waals surface area contributed by atoms with Gasteiger partial charge in [-0.25, -0.2) is 4.79 Å². The maximum absolute atomic E-state index is 12.4. The Balaban J connectivity index is 1.85. The topological polar surface area (TPSA) is 68.7 Å². The van der Waals surface area contributed by atoms with Crippen molar-refractivity contribution in [2.45, 2.75) is 26.2 Å². The lowest BCUT2D eigenvalue weighted by Gasteiger charge is -2.26. The van der Waals surface area contributed by atoms with Gasteiger partial charge in [0, 0.05) is 24.7 Å². The number of piperidine rings is 1. The smallest absolute Gasteiger partial charge is 0.343 e. The minimum absolute atomic E-state index is 0.0598. The molecule has 1 amide bonds. The minimum atomic E-state index is -0.499. The molecule has 1 aliphatic rings. The fraction of sp³-hybridized carbons (Fsp3) is 0.421. The number of pyridine rings is 1. The lowest BCUT2D eigenvalue weighted by atomic mass is 10.1. The number of ether oxygens (including phenoxy) is 2. The van der Waals surface area contributed by atoms with Crippen LogP contribution in [0, 0.1) is 0 Å². The summed E-state index contributed by atoms with van der Waals surface area (Å²) in [6.45, 7) is 3.44. The normalized spacial score (nSPS) is 14.4.